The average Bonchev–Trinajstić information content (AvgIpc) is 2.36. The van der Waals surface area contributed by atoms with E-state index in [2.05, 4.69) is 0 Å². The van der Waals surface area contributed by atoms with Gasteiger partial charge >= 0.3 is 0 Å². The zero-order valence-electron chi connectivity index (χ0n) is 12.1. The molecule has 0 aliphatic rings. The predicted octanol–water partition coefficient (Wildman–Crippen LogP) is 2.06. The highest BCUT2D eigenvalue weighted by molar-refractivity contribution is 6.34. The summed E-state index contributed by atoms with van der Waals surface area (Å²) in [6.07, 6.45) is 0. The van der Waals surface area contributed by atoms with Gasteiger partial charge in [-0.05, 0) is 26.8 Å². The quantitative estimate of drug-likeness (QED) is 0.491. The number of nitro groups is 1. The summed E-state index contributed by atoms with van der Waals surface area (Å²) in [5.41, 5.74) is 3.92. The van der Waals surface area contributed by atoms with E-state index in [1.54, 1.807) is 20.8 Å². The topological polar surface area (TPSA) is 110 Å². The van der Waals surface area contributed by atoms with Gasteiger partial charge in [0.25, 0.3) is 11.6 Å². The van der Waals surface area contributed by atoms with Crippen LogP contribution in [0, 0.1) is 10.1 Å². The number of nitrogens with zero attached hydrogens (tertiary/aromatic N) is 2. The molecule has 8 heteroatoms. The Labute approximate surface area is 127 Å². The molecule has 0 spiro atoms. The van der Waals surface area contributed by atoms with Gasteiger partial charge in [0.15, 0.2) is 0 Å². The van der Waals surface area contributed by atoms with Crippen LogP contribution in [0.4, 0.5) is 11.4 Å². The lowest BCUT2D eigenvalue weighted by molar-refractivity contribution is -0.383. The van der Waals surface area contributed by atoms with Gasteiger partial charge in [-0.2, -0.15) is 0 Å². The van der Waals surface area contributed by atoms with Gasteiger partial charge in [-0.15, -0.1) is 0 Å². The fourth-order valence-electron chi connectivity index (χ4n) is 1.85. The molecular formula is C13H18ClN3O4. The Morgan fingerprint density at radius 1 is 1.52 bits per heavy atom. The van der Waals surface area contributed by atoms with Crippen LogP contribution in [-0.4, -0.2) is 39.5 Å². The average molecular weight is 316 g/mol. The molecule has 1 rings (SSSR count). The molecule has 0 fully saturated rings. The SMILES string of the molecule is CCN(CC(C)(C)O)C(=O)c1cc(Cl)c(N)c([N+](=O)[O-])c1. The lowest BCUT2D eigenvalue weighted by atomic mass is 10.1. The molecule has 1 aromatic rings. The number of anilines is 1. The summed E-state index contributed by atoms with van der Waals surface area (Å²) in [5.74, 6) is -0.454. The first-order valence-electron chi connectivity index (χ1n) is 6.32. The van der Waals surface area contributed by atoms with Gasteiger partial charge < -0.3 is 15.7 Å². The molecule has 7 nitrogen and oxygen atoms in total. The lowest BCUT2D eigenvalue weighted by Crippen LogP contribution is -2.42. The van der Waals surface area contributed by atoms with Gasteiger partial charge in [-0.25, -0.2) is 0 Å². The number of hydrogen-bond donors (Lipinski definition) is 2. The summed E-state index contributed by atoms with van der Waals surface area (Å²) >= 11 is 5.84. The van der Waals surface area contributed by atoms with Crippen molar-refractivity contribution >= 4 is 28.9 Å². The number of likely N-dealkylation sites (N-methyl/N-ethyl adjacent to an activating group) is 1. The van der Waals surface area contributed by atoms with Crippen LogP contribution in [0.25, 0.3) is 0 Å². The van der Waals surface area contributed by atoms with Crippen molar-refractivity contribution in [1.29, 1.82) is 0 Å². The monoisotopic (exact) mass is 315 g/mol. The number of nitrogen functional groups attached to an aromatic ring is 1. The van der Waals surface area contributed by atoms with E-state index in [-0.39, 0.29) is 22.8 Å². The van der Waals surface area contributed by atoms with Crippen molar-refractivity contribution in [1.82, 2.24) is 4.90 Å². The molecule has 3 N–H and O–H groups in total. The Bertz CT molecular complexity index is 569. The summed E-state index contributed by atoms with van der Waals surface area (Å²) in [4.78, 5) is 24.0. The maximum absolute atomic E-state index is 12.4. The highest BCUT2D eigenvalue weighted by Crippen LogP contribution is 2.31. The van der Waals surface area contributed by atoms with Crippen molar-refractivity contribution in [2.75, 3.05) is 18.8 Å². The Morgan fingerprint density at radius 3 is 2.52 bits per heavy atom. The molecule has 0 atom stereocenters. The molecule has 0 aliphatic heterocycles. The third-order valence-corrected chi connectivity index (χ3v) is 3.11. The van der Waals surface area contributed by atoms with E-state index in [4.69, 9.17) is 17.3 Å². The van der Waals surface area contributed by atoms with Crippen LogP contribution in [0.3, 0.4) is 0 Å². The fourth-order valence-corrected chi connectivity index (χ4v) is 2.07. The highest BCUT2D eigenvalue weighted by atomic mass is 35.5. The van der Waals surface area contributed by atoms with E-state index in [0.29, 0.717) is 6.54 Å². The van der Waals surface area contributed by atoms with E-state index >= 15 is 0 Å². The third-order valence-electron chi connectivity index (χ3n) is 2.80. The van der Waals surface area contributed by atoms with Crippen LogP contribution < -0.4 is 5.73 Å². The van der Waals surface area contributed by atoms with Crippen LogP contribution in [0.5, 0.6) is 0 Å². The van der Waals surface area contributed by atoms with Crippen molar-refractivity contribution in [3.63, 3.8) is 0 Å². The first-order chi connectivity index (χ1) is 9.56. The molecule has 116 valence electrons. The van der Waals surface area contributed by atoms with Gasteiger partial charge in [0.05, 0.1) is 15.5 Å². The molecule has 0 heterocycles. The molecule has 0 saturated carbocycles. The van der Waals surface area contributed by atoms with Crippen LogP contribution in [0.2, 0.25) is 5.02 Å². The molecule has 0 unspecified atom stereocenters. The Morgan fingerprint density at radius 2 is 2.10 bits per heavy atom. The normalized spacial score (nSPS) is 11.3. The maximum Gasteiger partial charge on any atom is 0.294 e. The third kappa shape index (κ3) is 4.30. The van der Waals surface area contributed by atoms with Gasteiger partial charge in [0.1, 0.15) is 5.69 Å². The maximum atomic E-state index is 12.4. The molecule has 0 radical (unpaired) electrons. The van der Waals surface area contributed by atoms with Crippen molar-refractivity contribution in [2.45, 2.75) is 26.4 Å². The molecule has 0 bridgehead atoms. The van der Waals surface area contributed by atoms with Gasteiger partial charge in [0.2, 0.25) is 0 Å². The van der Waals surface area contributed by atoms with Gasteiger partial charge in [-0.3, -0.25) is 14.9 Å². The van der Waals surface area contributed by atoms with Gasteiger partial charge in [0, 0.05) is 24.7 Å². The van der Waals surface area contributed by atoms with Gasteiger partial charge in [-0.1, -0.05) is 11.6 Å². The van der Waals surface area contributed by atoms with Crippen LogP contribution >= 0.6 is 11.6 Å². The molecule has 1 amide bonds. The second-order valence-corrected chi connectivity index (χ2v) is 5.69. The zero-order chi connectivity index (χ0) is 16.4. The number of nitrogens with two attached hydrogens (primary N) is 1. The van der Waals surface area contributed by atoms with E-state index in [1.165, 1.54) is 11.0 Å². The standard InChI is InChI=1S/C13H18ClN3O4/c1-4-16(7-13(2,3)19)12(18)8-5-9(14)11(15)10(6-8)17(20)21/h5-6,19H,4,7,15H2,1-3H3. The summed E-state index contributed by atoms with van der Waals surface area (Å²) < 4.78 is 0. The van der Waals surface area contributed by atoms with E-state index in [1.807, 2.05) is 0 Å². The summed E-state index contributed by atoms with van der Waals surface area (Å²) in [5, 5.41) is 20.7. The van der Waals surface area contributed by atoms with Crippen molar-refractivity contribution in [3.8, 4) is 0 Å². The summed E-state index contributed by atoms with van der Waals surface area (Å²) in [7, 11) is 0. The molecule has 0 aromatic heterocycles. The molecule has 1 aromatic carbocycles. The highest BCUT2D eigenvalue weighted by Gasteiger charge is 2.25. The van der Waals surface area contributed by atoms with E-state index in [0.717, 1.165) is 6.07 Å². The predicted molar refractivity (Wildman–Crippen MR) is 80.4 cm³/mol. The van der Waals surface area contributed by atoms with Crippen molar-refractivity contribution in [3.05, 3.63) is 32.8 Å². The first-order valence-corrected chi connectivity index (χ1v) is 6.69. The van der Waals surface area contributed by atoms with Crippen LogP contribution in [0.1, 0.15) is 31.1 Å². The van der Waals surface area contributed by atoms with E-state index < -0.39 is 22.1 Å². The zero-order valence-corrected chi connectivity index (χ0v) is 12.8. The van der Waals surface area contributed by atoms with Crippen molar-refractivity contribution in [2.24, 2.45) is 0 Å². The fraction of sp³-hybridized carbons (Fsp3) is 0.462. The number of hydrogen-bond acceptors (Lipinski definition) is 5. The molecule has 0 aliphatic carbocycles. The Kier molecular flexibility index (Phi) is 5.14. The summed E-state index contributed by atoms with van der Waals surface area (Å²) in [6.45, 7) is 5.33. The number of carbonyl (C=O) groups is 1. The smallest absolute Gasteiger partial charge is 0.294 e. The first kappa shape index (κ1) is 17.2. The molecular weight excluding hydrogens is 298 g/mol. The van der Waals surface area contributed by atoms with E-state index in [9.17, 15) is 20.0 Å². The van der Waals surface area contributed by atoms with Crippen LogP contribution in [0.15, 0.2) is 12.1 Å². The molecule has 21 heavy (non-hydrogen) atoms. The number of nitro benzene ring substituents is 1. The number of benzene rings is 1. The minimum Gasteiger partial charge on any atom is -0.392 e. The summed E-state index contributed by atoms with van der Waals surface area (Å²) in [6, 6.07) is 2.38. The largest absolute Gasteiger partial charge is 0.392 e. The number of rotatable bonds is 5. The minimum absolute atomic E-state index is 0.0492. The number of halogens is 1. The van der Waals surface area contributed by atoms with Crippen LogP contribution in [-0.2, 0) is 0 Å². The Hall–Kier alpha value is -1.86. The lowest BCUT2D eigenvalue weighted by Gasteiger charge is -2.28. The second kappa shape index (κ2) is 6.28. The minimum atomic E-state index is -1.07. The number of carbonyl (C=O) groups excluding carboxylic acids is 1. The number of aliphatic hydroxyl groups is 1. The Balaban J connectivity index is 3.20. The molecule has 0 saturated heterocycles. The van der Waals surface area contributed by atoms with Crippen molar-refractivity contribution < 1.29 is 14.8 Å². The number of amides is 1. The second-order valence-electron chi connectivity index (χ2n) is 5.28.